The second-order valence-corrected chi connectivity index (χ2v) is 8.48. The van der Waals surface area contributed by atoms with Crippen LogP contribution in [-0.2, 0) is 9.59 Å². The molecule has 4 rings (SSSR count). The predicted octanol–water partition coefficient (Wildman–Crippen LogP) is 3.05. The molecule has 0 spiro atoms. The maximum absolute atomic E-state index is 12.7. The van der Waals surface area contributed by atoms with E-state index in [-0.39, 0.29) is 17.5 Å². The molecule has 7 heteroatoms. The highest BCUT2D eigenvalue weighted by atomic mass is 32.1. The average Bonchev–Trinajstić information content (AvgIpc) is 3.36. The van der Waals surface area contributed by atoms with Crippen molar-refractivity contribution in [1.29, 1.82) is 0 Å². The Kier molecular flexibility index (Phi) is 4.81. The lowest BCUT2D eigenvalue weighted by molar-refractivity contribution is -0.146. The number of rotatable bonds is 6. The molecule has 1 fully saturated rings. The number of Topliss-reactive ketones (excluding diaryl/α,β-unsaturated/α-hetero) is 2. The summed E-state index contributed by atoms with van der Waals surface area (Å²) in [4.78, 5) is 37.5. The molecule has 1 aliphatic carbocycles. The lowest BCUT2D eigenvalue weighted by Crippen LogP contribution is -2.59. The van der Waals surface area contributed by atoms with Crippen LogP contribution in [0.5, 0.6) is 0 Å². The number of nitrogens with two attached hydrogens (primary N) is 1. The molecule has 28 heavy (non-hydrogen) atoms. The Morgan fingerprint density at radius 3 is 2.71 bits per heavy atom. The topological polar surface area (TPSA) is 109 Å². The minimum atomic E-state index is -1.84. The number of hydrogen-bond donors (Lipinski definition) is 3. The van der Waals surface area contributed by atoms with E-state index in [0.29, 0.717) is 0 Å². The maximum atomic E-state index is 12.7. The highest BCUT2D eigenvalue weighted by molar-refractivity contribution is 7.08. The zero-order valence-corrected chi connectivity index (χ0v) is 16.1. The number of carboxylic acids is 1. The SMILES string of the molecule is NC(CC(=O)C(=O)c1ccsc1)(C(=O)O)C1c2ccccc2NC2CCCC21. The van der Waals surface area contributed by atoms with E-state index in [1.54, 1.807) is 16.8 Å². The van der Waals surface area contributed by atoms with Gasteiger partial charge in [0, 0.05) is 35.0 Å². The molecule has 0 saturated heterocycles. The first-order valence-corrected chi connectivity index (χ1v) is 10.3. The van der Waals surface area contributed by atoms with Crippen molar-refractivity contribution in [2.24, 2.45) is 11.7 Å². The number of hydrogen-bond acceptors (Lipinski definition) is 6. The molecule has 146 valence electrons. The molecule has 4 atom stereocenters. The summed E-state index contributed by atoms with van der Waals surface area (Å²) in [5.41, 5.74) is 6.60. The van der Waals surface area contributed by atoms with Crippen molar-refractivity contribution in [3.8, 4) is 0 Å². The Bertz CT molecular complexity index is 926. The number of ketones is 2. The number of carboxylic acid groups (broad SMARTS) is 1. The summed E-state index contributed by atoms with van der Waals surface area (Å²) in [5, 5.41) is 16.9. The number of benzene rings is 1. The van der Waals surface area contributed by atoms with E-state index in [0.717, 1.165) is 30.5 Å². The molecule has 0 radical (unpaired) electrons. The molecule has 2 aromatic rings. The van der Waals surface area contributed by atoms with Gasteiger partial charge in [0.15, 0.2) is 0 Å². The highest BCUT2D eigenvalue weighted by Crippen LogP contribution is 2.50. The summed E-state index contributed by atoms with van der Waals surface area (Å²) in [6.45, 7) is 0. The smallest absolute Gasteiger partial charge is 0.324 e. The summed E-state index contributed by atoms with van der Waals surface area (Å²) in [6, 6.07) is 9.22. The summed E-state index contributed by atoms with van der Waals surface area (Å²) < 4.78 is 0. The highest BCUT2D eigenvalue weighted by Gasteiger charge is 2.53. The largest absolute Gasteiger partial charge is 0.480 e. The van der Waals surface area contributed by atoms with Gasteiger partial charge in [-0.3, -0.25) is 14.4 Å². The molecule has 0 amide bonds. The minimum absolute atomic E-state index is 0.0139. The Labute approximate surface area is 166 Å². The number of carbonyl (C=O) groups excluding carboxylic acids is 2. The third-order valence-corrected chi connectivity index (χ3v) is 6.76. The van der Waals surface area contributed by atoms with Crippen molar-refractivity contribution in [2.75, 3.05) is 5.32 Å². The number of fused-ring (bicyclic) bond motifs is 2. The summed E-state index contributed by atoms with van der Waals surface area (Å²) in [5.74, 6) is -3.20. The first-order valence-electron chi connectivity index (χ1n) is 9.39. The van der Waals surface area contributed by atoms with Gasteiger partial charge < -0.3 is 16.2 Å². The van der Waals surface area contributed by atoms with Crippen LogP contribution in [0.1, 0.15) is 47.5 Å². The van der Waals surface area contributed by atoms with E-state index >= 15 is 0 Å². The van der Waals surface area contributed by atoms with Crippen molar-refractivity contribution in [3.05, 3.63) is 52.2 Å². The standard InChI is InChI=1S/C21H22N2O4S/c22-21(20(26)27,10-17(24)19(25)12-8-9-28-11-12)18-13-4-1-2-6-15(13)23-16-7-3-5-14(16)18/h1-2,4,6,8-9,11,14,16,18,23H,3,5,7,10,22H2,(H,26,27). The monoisotopic (exact) mass is 398 g/mol. The number of carbonyl (C=O) groups is 3. The number of thiophene rings is 1. The zero-order valence-electron chi connectivity index (χ0n) is 15.3. The number of para-hydroxylation sites is 1. The van der Waals surface area contributed by atoms with Gasteiger partial charge in [0.2, 0.25) is 11.6 Å². The lowest BCUT2D eigenvalue weighted by Gasteiger charge is -2.44. The molecule has 6 nitrogen and oxygen atoms in total. The van der Waals surface area contributed by atoms with Gasteiger partial charge in [-0.1, -0.05) is 24.6 Å². The molecule has 4 N–H and O–H groups in total. The molecule has 0 bridgehead atoms. The molecule has 1 saturated carbocycles. The molecule has 1 aromatic heterocycles. The maximum Gasteiger partial charge on any atom is 0.324 e. The Morgan fingerprint density at radius 2 is 2.00 bits per heavy atom. The number of nitrogens with one attached hydrogen (secondary N) is 1. The zero-order chi connectivity index (χ0) is 19.9. The molecule has 2 aliphatic rings. The van der Waals surface area contributed by atoms with Gasteiger partial charge in [0.1, 0.15) is 5.54 Å². The molecular weight excluding hydrogens is 376 g/mol. The summed E-state index contributed by atoms with van der Waals surface area (Å²) >= 11 is 1.31. The Hall–Kier alpha value is -2.51. The quantitative estimate of drug-likeness (QED) is 0.510. The van der Waals surface area contributed by atoms with Crippen LogP contribution in [0.2, 0.25) is 0 Å². The van der Waals surface area contributed by atoms with Crippen molar-refractivity contribution >= 4 is 34.6 Å². The van der Waals surface area contributed by atoms with Crippen LogP contribution in [0.25, 0.3) is 0 Å². The van der Waals surface area contributed by atoms with Gasteiger partial charge in [0.05, 0.1) is 0 Å². The molecule has 4 unspecified atom stereocenters. The molecule has 1 aliphatic heterocycles. The predicted molar refractivity (Wildman–Crippen MR) is 107 cm³/mol. The molecule has 1 aromatic carbocycles. The number of aliphatic carboxylic acids is 1. The van der Waals surface area contributed by atoms with E-state index in [1.165, 1.54) is 11.3 Å². The van der Waals surface area contributed by atoms with Crippen molar-refractivity contribution in [1.82, 2.24) is 0 Å². The first-order chi connectivity index (χ1) is 13.4. The molecular formula is C21H22N2O4S. The van der Waals surface area contributed by atoms with Crippen LogP contribution >= 0.6 is 11.3 Å². The van der Waals surface area contributed by atoms with Crippen LogP contribution in [-0.4, -0.2) is 34.2 Å². The lowest BCUT2D eigenvalue weighted by atomic mass is 9.66. The van der Waals surface area contributed by atoms with Crippen molar-refractivity contribution in [2.45, 2.75) is 43.2 Å². The van der Waals surface area contributed by atoms with E-state index in [2.05, 4.69) is 5.32 Å². The van der Waals surface area contributed by atoms with Gasteiger partial charge in [-0.05, 0) is 41.8 Å². The van der Waals surface area contributed by atoms with Gasteiger partial charge in [-0.25, -0.2) is 0 Å². The first kappa shape index (κ1) is 18.8. The van der Waals surface area contributed by atoms with Gasteiger partial charge in [0.25, 0.3) is 0 Å². The second kappa shape index (κ2) is 7.14. The van der Waals surface area contributed by atoms with E-state index in [4.69, 9.17) is 5.73 Å². The van der Waals surface area contributed by atoms with Crippen LogP contribution < -0.4 is 11.1 Å². The Morgan fingerprint density at radius 1 is 1.21 bits per heavy atom. The van der Waals surface area contributed by atoms with Gasteiger partial charge in [-0.15, -0.1) is 0 Å². The van der Waals surface area contributed by atoms with E-state index in [9.17, 15) is 19.5 Å². The molecule has 2 heterocycles. The van der Waals surface area contributed by atoms with Crippen LogP contribution in [0.3, 0.4) is 0 Å². The minimum Gasteiger partial charge on any atom is -0.480 e. The third-order valence-electron chi connectivity index (χ3n) is 6.08. The van der Waals surface area contributed by atoms with Crippen LogP contribution in [0, 0.1) is 5.92 Å². The third kappa shape index (κ3) is 3.04. The fourth-order valence-corrected chi connectivity index (χ4v) is 5.41. The summed E-state index contributed by atoms with van der Waals surface area (Å²) in [7, 11) is 0. The normalized spacial score (nSPS) is 25.1. The van der Waals surface area contributed by atoms with E-state index < -0.39 is 35.4 Å². The summed E-state index contributed by atoms with van der Waals surface area (Å²) in [6.07, 6.45) is 2.24. The fraction of sp³-hybridized carbons (Fsp3) is 0.381. The van der Waals surface area contributed by atoms with Crippen molar-refractivity contribution in [3.63, 3.8) is 0 Å². The van der Waals surface area contributed by atoms with Gasteiger partial charge in [-0.2, -0.15) is 11.3 Å². The van der Waals surface area contributed by atoms with Gasteiger partial charge >= 0.3 is 5.97 Å². The van der Waals surface area contributed by atoms with Crippen molar-refractivity contribution < 1.29 is 19.5 Å². The number of anilines is 1. The Balaban J connectivity index is 1.73. The average molecular weight is 398 g/mol. The second-order valence-electron chi connectivity index (χ2n) is 7.70. The van der Waals surface area contributed by atoms with Crippen LogP contribution in [0.4, 0.5) is 5.69 Å². The van der Waals surface area contributed by atoms with Crippen LogP contribution in [0.15, 0.2) is 41.1 Å². The fourth-order valence-electron chi connectivity index (χ4n) is 4.78. The van der Waals surface area contributed by atoms with E-state index in [1.807, 2.05) is 24.3 Å².